The Morgan fingerprint density at radius 2 is 1.31 bits per heavy atom. The molecule has 1 N–H and O–H groups in total. The number of aromatic nitrogens is 2. The molecule has 1 unspecified atom stereocenters. The van der Waals surface area contributed by atoms with Crippen LogP contribution in [0, 0.1) is 25.6 Å². The van der Waals surface area contributed by atoms with Crippen molar-refractivity contribution < 1.29 is 56.7 Å². The van der Waals surface area contributed by atoms with Crippen LogP contribution in [0.25, 0.3) is 0 Å². The van der Waals surface area contributed by atoms with Crippen LogP contribution < -0.4 is 20.5 Å². The van der Waals surface area contributed by atoms with Gasteiger partial charge in [0.05, 0.1) is 43.2 Å². The second-order valence-corrected chi connectivity index (χ2v) is 23.4. The third-order valence-electron chi connectivity index (χ3n) is 13.4. The fourth-order valence-corrected chi connectivity index (χ4v) is 12.9. The number of carbonyl (C=O) groups is 2. The highest BCUT2D eigenvalue weighted by Gasteiger charge is 2.48. The maximum Gasteiger partial charge on any atom is 0.412 e. The highest BCUT2D eigenvalue weighted by molar-refractivity contribution is 8.13. The number of amides is 1. The zero-order valence-corrected chi connectivity index (χ0v) is 48.2. The molecule has 5 aromatic carbocycles. The third-order valence-corrected chi connectivity index (χ3v) is 17.2. The number of rotatable bonds is 25. The second kappa shape index (κ2) is 27.0. The van der Waals surface area contributed by atoms with Gasteiger partial charge in [0, 0.05) is 59.1 Å². The zero-order valence-electron chi connectivity index (χ0n) is 46.5. The molecule has 4 atom stereocenters. The molecule has 0 radical (unpaired) electrons. The van der Waals surface area contributed by atoms with Gasteiger partial charge in [-0.1, -0.05) is 124 Å². The van der Waals surface area contributed by atoms with Crippen molar-refractivity contribution in [2.24, 2.45) is 5.41 Å². The van der Waals surface area contributed by atoms with E-state index >= 15 is 4.57 Å². The summed E-state index contributed by atoms with van der Waals surface area (Å²) in [5.74, 6) is 0.0228. The first-order valence-corrected chi connectivity index (χ1v) is 28.6. The number of ether oxygens (including phenoxy) is 5. The summed E-state index contributed by atoms with van der Waals surface area (Å²) in [6.07, 6.45) is -3.12. The second-order valence-electron chi connectivity index (χ2n) is 20.5. The summed E-state index contributed by atoms with van der Waals surface area (Å²) in [6, 6.07) is 36.4. The van der Waals surface area contributed by atoms with Crippen LogP contribution >= 0.6 is 19.5 Å². The Morgan fingerprint density at radius 3 is 1.80 bits per heavy atom. The molecule has 2 heterocycles. The predicted octanol–water partition coefficient (Wildman–Crippen LogP) is 11.7. The number of carbonyl (C=O) groups excluding carboxylic acids is 2. The smallest absolute Gasteiger partial charge is 0.412 e. The van der Waals surface area contributed by atoms with Crippen LogP contribution in [0.2, 0.25) is 0 Å². The van der Waals surface area contributed by atoms with Crippen LogP contribution in [0.3, 0.4) is 0 Å². The lowest BCUT2D eigenvalue weighted by atomic mass is 9.80. The summed E-state index contributed by atoms with van der Waals surface area (Å²) >= 11 is 1.07. The molecule has 0 bridgehead atoms. The molecule has 430 valence electrons. The fraction of sp³-hybridized carbons (Fsp3) is 0.379. The molecule has 1 fully saturated rings. The molecule has 0 saturated carbocycles. The molecule has 1 saturated heterocycles. The molecule has 0 aliphatic carbocycles. The highest BCUT2D eigenvalue weighted by Crippen LogP contribution is 2.57. The van der Waals surface area contributed by atoms with Gasteiger partial charge in [0.2, 0.25) is 0 Å². The van der Waals surface area contributed by atoms with Gasteiger partial charge < -0.3 is 23.7 Å². The fourth-order valence-electron chi connectivity index (χ4n) is 9.65. The number of hydrogen-bond acceptors (Lipinski definition) is 17. The molecule has 81 heavy (non-hydrogen) atoms. The topological polar surface area (TPSA) is 252 Å². The van der Waals surface area contributed by atoms with Gasteiger partial charge in [-0.25, -0.2) is 18.8 Å². The van der Waals surface area contributed by atoms with Crippen LogP contribution in [-0.4, -0.2) is 99.4 Å². The SMILES string of the molecule is COc1ccc(C(OC[C@H]2O[C@@H](n3ccc(NC(=O)OCC(c4ccccc4[N+](=O)[O-])c4ccccc4[N+](=O)[O-])nc3=O)C[C@@H]2OP(=O)(OCCSC(=O)C(C)(C)C)N(C(C)C)C(C)C)(c2ccccc2)c2ccc(OC)cc2)cc1. The molecule has 1 aliphatic rings. The summed E-state index contributed by atoms with van der Waals surface area (Å²) in [5.41, 5.74) is -1.21. The molecule has 1 aliphatic heterocycles. The molecular formula is C58H67N6O15PS. The van der Waals surface area contributed by atoms with Crippen molar-refractivity contribution in [2.75, 3.05) is 45.1 Å². The Hall–Kier alpha value is -7.30. The first-order chi connectivity index (χ1) is 38.6. The number of nitrogens with zero attached hydrogens (tertiary/aromatic N) is 5. The molecule has 1 amide bonds. The van der Waals surface area contributed by atoms with Crippen molar-refractivity contribution in [1.82, 2.24) is 14.2 Å². The van der Waals surface area contributed by atoms with E-state index in [1.54, 1.807) is 18.9 Å². The molecule has 6 aromatic rings. The molecule has 1 aromatic heterocycles. The zero-order chi connectivity index (χ0) is 58.6. The first kappa shape index (κ1) is 61.3. The molecule has 23 heteroatoms. The van der Waals surface area contributed by atoms with E-state index in [1.807, 2.05) is 127 Å². The van der Waals surface area contributed by atoms with E-state index in [2.05, 4.69) is 10.3 Å². The lowest BCUT2D eigenvalue weighted by Gasteiger charge is -2.39. The number of methoxy groups -OCH3 is 2. The quantitative estimate of drug-likeness (QED) is 0.0184. The molecule has 0 spiro atoms. The average Bonchev–Trinajstić information content (AvgIpc) is 4.08. The van der Waals surface area contributed by atoms with E-state index in [0.29, 0.717) is 22.6 Å². The van der Waals surface area contributed by atoms with Gasteiger partial charge in [-0.05, 0) is 74.7 Å². The summed E-state index contributed by atoms with van der Waals surface area (Å²) in [4.78, 5) is 67.6. The summed E-state index contributed by atoms with van der Waals surface area (Å²) in [7, 11) is -1.15. The van der Waals surface area contributed by atoms with Crippen LogP contribution in [-0.2, 0) is 38.2 Å². The summed E-state index contributed by atoms with van der Waals surface area (Å²) < 4.78 is 62.2. The third kappa shape index (κ3) is 14.6. The van der Waals surface area contributed by atoms with Crippen LogP contribution in [0.5, 0.6) is 11.5 Å². The number of hydrogen-bond donors (Lipinski definition) is 1. The van der Waals surface area contributed by atoms with Crippen molar-refractivity contribution >= 4 is 47.9 Å². The monoisotopic (exact) mass is 1150 g/mol. The van der Waals surface area contributed by atoms with Crippen molar-refractivity contribution in [3.8, 4) is 11.5 Å². The standard InChI is InChI=1S/C58H67N6O15PS/c1-38(2)62(39(3)4)80(72,77-33-34-81-54(65)57(5,6)7)79-50-35-53(78-51(50)37-76-58(40-17-11-10-12-18-40,41-23-27-43(73-8)28-24-41)42-25-29-44(74-9)30-26-42)61-32-31-52(59-55(61)66)60-56(67)75-36-47(45-19-13-15-21-48(45)63(68)69)46-20-14-16-22-49(46)64(70)71/h10-32,38-39,47,50-51,53H,33-37H2,1-9H3,(H,59,60,66,67)/t50-,51+,53+,80?/m0/s1. The average molecular weight is 1150 g/mol. The maximum absolute atomic E-state index is 15.6. The minimum absolute atomic E-state index is 0.0650. The Labute approximate surface area is 474 Å². The predicted molar refractivity (Wildman–Crippen MR) is 306 cm³/mol. The minimum atomic E-state index is -4.29. The molecular weight excluding hydrogens is 1080 g/mol. The highest BCUT2D eigenvalue weighted by atomic mass is 32.2. The normalized spacial score (nSPS) is 16.3. The summed E-state index contributed by atoms with van der Waals surface area (Å²) in [5, 5.41) is 26.5. The number of benzene rings is 5. The Morgan fingerprint density at radius 1 is 0.790 bits per heavy atom. The lowest BCUT2D eigenvalue weighted by Crippen LogP contribution is -2.40. The van der Waals surface area contributed by atoms with Crippen molar-refractivity contribution in [1.29, 1.82) is 0 Å². The lowest BCUT2D eigenvalue weighted by molar-refractivity contribution is -0.386. The summed E-state index contributed by atoms with van der Waals surface area (Å²) in [6.45, 7) is 12.0. The Balaban J connectivity index is 1.22. The van der Waals surface area contributed by atoms with Crippen LogP contribution in [0.15, 0.2) is 144 Å². The van der Waals surface area contributed by atoms with Gasteiger partial charge in [-0.3, -0.25) is 44.0 Å². The van der Waals surface area contributed by atoms with Gasteiger partial charge in [0.15, 0.2) is 5.12 Å². The van der Waals surface area contributed by atoms with Gasteiger partial charge >= 0.3 is 19.5 Å². The van der Waals surface area contributed by atoms with E-state index in [1.165, 1.54) is 65.4 Å². The molecule has 21 nitrogen and oxygen atoms in total. The van der Waals surface area contributed by atoms with E-state index in [4.69, 9.17) is 32.7 Å². The van der Waals surface area contributed by atoms with Crippen molar-refractivity contribution in [3.05, 3.63) is 198 Å². The van der Waals surface area contributed by atoms with E-state index in [-0.39, 0.29) is 70.9 Å². The van der Waals surface area contributed by atoms with Crippen LogP contribution in [0.4, 0.5) is 22.0 Å². The Kier molecular flexibility index (Phi) is 20.4. The van der Waals surface area contributed by atoms with Gasteiger partial charge in [-0.2, -0.15) is 4.98 Å². The largest absolute Gasteiger partial charge is 0.497 e. The first-order valence-electron chi connectivity index (χ1n) is 26.1. The van der Waals surface area contributed by atoms with Gasteiger partial charge in [0.1, 0.15) is 48.0 Å². The number of nitro benzene ring substituents is 2. The number of thioether (sulfide) groups is 1. The van der Waals surface area contributed by atoms with Crippen LogP contribution in [0.1, 0.15) is 94.9 Å². The minimum Gasteiger partial charge on any atom is -0.497 e. The van der Waals surface area contributed by atoms with Crippen molar-refractivity contribution in [2.45, 2.75) is 96.9 Å². The maximum atomic E-state index is 15.6. The number of anilines is 1. The number of nitrogens with one attached hydrogen (secondary N) is 1. The van der Waals surface area contributed by atoms with Crippen molar-refractivity contribution in [3.63, 3.8) is 0 Å². The van der Waals surface area contributed by atoms with E-state index in [9.17, 15) is 34.6 Å². The van der Waals surface area contributed by atoms with Gasteiger partial charge in [0.25, 0.3) is 11.4 Å². The number of para-hydroxylation sites is 2. The van der Waals surface area contributed by atoms with E-state index < -0.39 is 71.4 Å². The number of nitro groups is 2. The van der Waals surface area contributed by atoms with Gasteiger partial charge in [-0.15, -0.1) is 0 Å². The Bertz CT molecular complexity index is 3140. The van der Waals surface area contributed by atoms with E-state index in [0.717, 1.165) is 17.3 Å². The molecule has 7 rings (SSSR count).